The predicted octanol–water partition coefficient (Wildman–Crippen LogP) is 3.62. The zero-order valence-electron chi connectivity index (χ0n) is 10.5. The molecule has 3 nitrogen and oxygen atoms in total. The number of benzene rings is 2. The quantitative estimate of drug-likeness (QED) is 0.694. The van der Waals surface area contributed by atoms with Crippen LogP contribution in [-0.4, -0.2) is 15.2 Å². The summed E-state index contributed by atoms with van der Waals surface area (Å²) in [5.74, 6) is 0.499. The topological polar surface area (TPSA) is 53.4 Å². The van der Waals surface area contributed by atoms with Gasteiger partial charge in [0.05, 0.1) is 5.52 Å². The average Bonchev–Trinajstić information content (AvgIpc) is 2.41. The number of aryl methyl sites for hydroxylation is 1. The molecule has 3 rings (SSSR count). The van der Waals surface area contributed by atoms with E-state index in [1.165, 1.54) is 0 Å². The van der Waals surface area contributed by atoms with E-state index < -0.39 is 0 Å². The van der Waals surface area contributed by atoms with E-state index in [4.69, 9.17) is 0 Å². The van der Waals surface area contributed by atoms with Gasteiger partial charge in [0.2, 0.25) is 0 Å². The lowest BCUT2D eigenvalue weighted by atomic mass is 9.99. The molecule has 0 aliphatic carbocycles. The van der Waals surface area contributed by atoms with E-state index in [-0.39, 0.29) is 5.75 Å². The van der Waals surface area contributed by atoms with Gasteiger partial charge < -0.3 is 10.2 Å². The first-order chi connectivity index (χ1) is 9.15. The van der Waals surface area contributed by atoms with Crippen LogP contribution < -0.4 is 0 Å². The highest BCUT2D eigenvalue weighted by molar-refractivity contribution is 5.95. The van der Waals surface area contributed by atoms with Gasteiger partial charge in [-0.1, -0.05) is 6.07 Å². The van der Waals surface area contributed by atoms with Crippen molar-refractivity contribution in [3.8, 4) is 22.6 Å². The Morgan fingerprint density at radius 3 is 2.58 bits per heavy atom. The summed E-state index contributed by atoms with van der Waals surface area (Å²) in [5, 5.41) is 20.1. The fourth-order valence-corrected chi connectivity index (χ4v) is 2.21. The second kappa shape index (κ2) is 4.28. The van der Waals surface area contributed by atoms with Gasteiger partial charge in [-0.05, 0) is 53.9 Å². The van der Waals surface area contributed by atoms with Crippen LogP contribution >= 0.6 is 0 Å². The Bertz CT molecular complexity index is 766. The highest BCUT2D eigenvalue weighted by Crippen LogP contribution is 2.31. The van der Waals surface area contributed by atoms with Crippen molar-refractivity contribution in [2.24, 2.45) is 0 Å². The average molecular weight is 251 g/mol. The lowest BCUT2D eigenvalue weighted by molar-refractivity contribution is 0.471. The van der Waals surface area contributed by atoms with E-state index in [1.807, 2.05) is 31.2 Å². The van der Waals surface area contributed by atoms with Crippen LogP contribution in [0.2, 0.25) is 0 Å². The molecule has 94 valence electrons. The van der Waals surface area contributed by atoms with Crippen molar-refractivity contribution < 1.29 is 10.2 Å². The predicted molar refractivity (Wildman–Crippen MR) is 75.2 cm³/mol. The summed E-state index contributed by atoms with van der Waals surface area (Å²) in [4.78, 5) is 4.26. The van der Waals surface area contributed by atoms with Crippen molar-refractivity contribution in [1.29, 1.82) is 0 Å². The smallest absolute Gasteiger partial charge is 0.118 e. The van der Waals surface area contributed by atoms with Crippen LogP contribution in [0.1, 0.15) is 5.56 Å². The summed E-state index contributed by atoms with van der Waals surface area (Å²) in [6.07, 6.45) is 1.72. The molecule has 0 saturated heterocycles. The highest BCUT2D eigenvalue weighted by Gasteiger charge is 2.06. The van der Waals surface area contributed by atoms with E-state index in [0.29, 0.717) is 5.75 Å². The summed E-state index contributed by atoms with van der Waals surface area (Å²) in [5.41, 5.74) is 3.64. The summed E-state index contributed by atoms with van der Waals surface area (Å²) in [6.45, 7) is 1.87. The minimum atomic E-state index is 0.207. The van der Waals surface area contributed by atoms with Gasteiger partial charge in [0.15, 0.2) is 0 Å². The standard InChI is InChI=1S/C16H13NO2/c1-10-8-11(2-5-16(10)19)13-6-7-17-15-9-12(18)3-4-14(13)15/h2-9,18-19H,1H3. The third-order valence-corrected chi connectivity index (χ3v) is 3.23. The molecular weight excluding hydrogens is 238 g/mol. The van der Waals surface area contributed by atoms with Crippen molar-refractivity contribution in [3.63, 3.8) is 0 Å². The van der Waals surface area contributed by atoms with Crippen LogP contribution in [0.25, 0.3) is 22.0 Å². The number of aromatic hydroxyl groups is 2. The molecule has 0 fully saturated rings. The minimum absolute atomic E-state index is 0.207. The van der Waals surface area contributed by atoms with E-state index in [0.717, 1.165) is 27.6 Å². The first kappa shape index (κ1) is 11.5. The molecule has 1 aromatic heterocycles. The molecule has 2 N–H and O–H groups in total. The maximum Gasteiger partial charge on any atom is 0.118 e. The first-order valence-corrected chi connectivity index (χ1v) is 6.03. The Morgan fingerprint density at radius 2 is 1.79 bits per heavy atom. The molecule has 3 heteroatoms. The Hall–Kier alpha value is -2.55. The molecule has 0 atom stereocenters. The van der Waals surface area contributed by atoms with Gasteiger partial charge in [0.25, 0.3) is 0 Å². The summed E-state index contributed by atoms with van der Waals surface area (Å²) in [6, 6.07) is 12.6. The molecule has 0 amide bonds. The van der Waals surface area contributed by atoms with Gasteiger partial charge in [0.1, 0.15) is 11.5 Å². The van der Waals surface area contributed by atoms with Crippen LogP contribution in [0, 0.1) is 6.92 Å². The Kier molecular flexibility index (Phi) is 2.60. The van der Waals surface area contributed by atoms with Crippen molar-refractivity contribution >= 4 is 10.9 Å². The molecule has 1 heterocycles. The fourth-order valence-electron chi connectivity index (χ4n) is 2.21. The lowest BCUT2D eigenvalue weighted by Crippen LogP contribution is -1.85. The van der Waals surface area contributed by atoms with Crippen molar-refractivity contribution in [1.82, 2.24) is 4.98 Å². The maximum atomic E-state index is 9.59. The Labute approximate surface area is 110 Å². The molecule has 2 aromatic carbocycles. The van der Waals surface area contributed by atoms with E-state index >= 15 is 0 Å². The van der Waals surface area contributed by atoms with Crippen molar-refractivity contribution in [2.75, 3.05) is 0 Å². The molecule has 0 unspecified atom stereocenters. The van der Waals surface area contributed by atoms with Crippen LogP contribution in [0.15, 0.2) is 48.7 Å². The SMILES string of the molecule is Cc1cc(-c2ccnc3cc(O)ccc23)ccc1O. The normalized spacial score (nSPS) is 10.8. The number of hydrogen-bond acceptors (Lipinski definition) is 3. The molecule has 0 saturated carbocycles. The molecule has 19 heavy (non-hydrogen) atoms. The van der Waals surface area contributed by atoms with Gasteiger partial charge >= 0.3 is 0 Å². The van der Waals surface area contributed by atoms with E-state index in [2.05, 4.69) is 4.98 Å². The molecular formula is C16H13NO2. The summed E-state index contributed by atoms with van der Waals surface area (Å²) >= 11 is 0. The number of aromatic nitrogens is 1. The van der Waals surface area contributed by atoms with Crippen molar-refractivity contribution in [3.05, 3.63) is 54.2 Å². The minimum Gasteiger partial charge on any atom is -0.508 e. The number of pyridine rings is 1. The summed E-state index contributed by atoms with van der Waals surface area (Å²) < 4.78 is 0. The molecule has 0 radical (unpaired) electrons. The number of nitrogens with zero attached hydrogens (tertiary/aromatic N) is 1. The molecule has 0 spiro atoms. The first-order valence-electron chi connectivity index (χ1n) is 6.03. The zero-order chi connectivity index (χ0) is 13.4. The Morgan fingerprint density at radius 1 is 0.947 bits per heavy atom. The van der Waals surface area contributed by atoms with Crippen LogP contribution in [0.3, 0.4) is 0 Å². The van der Waals surface area contributed by atoms with Gasteiger partial charge in [0, 0.05) is 17.6 Å². The molecule has 3 aromatic rings. The lowest BCUT2D eigenvalue weighted by Gasteiger charge is -2.08. The number of rotatable bonds is 1. The fraction of sp³-hybridized carbons (Fsp3) is 0.0625. The molecule has 0 aliphatic rings. The number of phenols is 2. The zero-order valence-corrected chi connectivity index (χ0v) is 10.5. The van der Waals surface area contributed by atoms with Crippen LogP contribution in [0.4, 0.5) is 0 Å². The van der Waals surface area contributed by atoms with Gasteiger partial charge in [-0.3, -0.25) is 4.98 Å². The second-order valence-electron chi connectivity index (χ2n) is 4.56. The van der Waals surface area contributed by atoms with Gasteiger partial charge in [-0.25, -0.2) is 0 Å². The second-order valence-corrected chi connectivity index (χ2v) is 4.56. The number of hydrogen-bond donors (Lipinski definition) is 2. The Balaban J connectivity index is 2.27. The largest absolute Gasteiger partial charge is 0.508 e. The highest BCUT2D eigenvalue weighted by atomic mass is 16.3. The number of fused-ring (bicyclic) bond motifs is 1. The molecule has 0 aliphatic heterocycles. The van der Waals surface area contributed by atoms with Crippen LogP contribution in [-0.2, 0) is 0 Å². The van der Waals surface area contributed by atoms with Crippen molar-refractivity contribution in [2.45, 2.75) is 6.92 Å². The summed E-state index contributed by atoms with van der Waals surface area (Å²) in [7, 11) is 0. The number of phenolic OH excluding ortho intramolecular Hbond substituents is 2. The van der Waals surface area contributed by atoms with Gasteiger partial charge in [-0.15, -0.1) is 0 Å². The van der Waals surface area contributed by atoms with E-state index in [9.17, 15) is 10.2 Å². The van der Waals surface area contributed by atoms with E-state index in [1.54, 1.807) is 24.4 Å². The third kappa shape index (κ3) is 1.99. The van der Waals surface area contributed by atoms with Crippen LogP contribution in [0.5, 0.6) is 11.5 Å². The third-order valence-electron chi connectivity index (χ3n) is 3.23. The molecule has 0 bridgehead atoms. The monoisotopic (exact) mass is 251 g/mol. The van der Waals surface area contributed by atoms with Gasteiger partial charge in [-0.2, -0.15) is 0 Å². The maximum absolute atomic E-state index is 9.59.